The summed E-state index contributed by atoms with van der Waals surface area (Å²) in [5.41, 5.74) is -0.162. The summed E-state index contributed by atoms with van der Waals surface area (Å²) in [5, 5.41) is 17.0. The SMILES string of the molecule is N#Cc1cc(Br)cc(F)c1C#N. The van der Waals surface area contributed by atoms with Crippen LogP contribution in [0.5, 0.6) is 0 Å². The van der Waals surface area contributed by atoms with Crippen LogP contribution in [0.1, 0.15) is 11.1 Å². The molecule has 1 aromatic rings. The van der Waals surface area contributed by atoms with Crippen LogP contribution in [0.4, 0.5) is 4.39 Å². The second kappa shape index (κ2) is 3.34. The summed E-state index contributed by atoms with van der Waals surface area (Å²) in [4.78, 5) is 0. The molecule has 12 heavy (non-hydrogen) atoms. The second-order valence-electron chi connectivity index (χ2n) is 2.03. The molecule has 0 aliphatic rings. The number of nitrogens with zero attached hydrogens (tertiary/aromatic N) is 2. The fourth-order valence-corrected chi connectivity index (χ4v) is 1.21. The van der Waals surface area contributed by atoms with Gasteiger partial charge < -0.3 is 0 Å². The van der Waals surface area contributed by atoms with Gasteiger partial charge in [-0.05, 0) is 12.1 Å². The molecule has 0 heterocycles. The van der Waals surface area contributed by atoms with Crippen LogP contribution in [0, 0.1) is 28.5 Å². The Labute approximate surface area is 77.0 Å². The predicted octanol–water partition coefficient (Wildman–Crippen LogP) is 2.33. The maximum absolute atomic E-state index is 12.9. The molecule has 0 spiro atoms. The minimum atomic E-state index is -0.677. The largest absolute Gasteiger partial charge is 0.205 e. The molecule has 0 saturated heterocycles. The van der Waals surface area contributed by atoms with E-state index >= 15 is 0 Å². The predicted molar refractivity (Wildman–Crippen MR) is 43.5 cm³/mol. The van der Waals surface area contributed by atoms with Crippen molar-refractivity contribution in [2.45, 2.75) is 0 Å². The van der Waals surface area contributed by atoms with Gasteiger partial charge in [-0.25, -0.2) is 4.39 Å². The normalized spacial score (nSPS) is 8.67. The van der Waals surface area contributed by atoms with Gasteiger partial charge in [0.05, 0.1) is 5.56 Å². The summed E-state index contributed by atoms with van der Waals surface area (Å²) in [6.45, 7) is 0. The van der Waals surface area contributed by atoms with Gasteiger partial charge in [0.2, 0.25) is 0 Å². The molecule has 0 aliphatic carbocycles. The van der Waals surface area contributed by atoms with Gasteiger partial charge in [0.1, 0.15) is 23.5 Å². The lowest BCUT2D eigenvalue weighted by molar-refractivity contribution is 0.622. The Morgan fingerprint density at radius 1 is 1.25 bits per heavy atom. The fourth-order valence-electron chi connectivity index (χ4n) is 0.775. The summed E-state index contributed by atoms with van der Waals surface area (Å²) in [6, 6.07) is 5.92. The van der Waals surface area contributed by atoms with Gasteiger partial charge in [-0.3, -0.25) is 0 Å². The number of halogens is 2. The summed E-state index contributed by atoms with van der Waals surface area (Å²) < 4.78 is 13.3. The maximum atomic E-state index is 12.9. The molecule has 0 radical (unpaired) electrons. The van der Waals surface area contributed by atoms with E-state index in [4.69, 9.17) is 10.5 Å². The van der Waals surface area contributed by atoms with E-state index in [-0.39, 0.29) is 11.1 Å². The number of hydrogen-bond donors (Lipinski definition) is 0. The highest BCUT2D eigenvalue weighted by Gasteiger charge is 2.08. The van der Waals surface area contributed by atoms with Crippen LogP contribution in [0.25, 0.3) is 0 Å². The third-order valence-corrected chi connectivity index (χ3v) is 1.75. The van der Waals surface area contributed by atoms with Crippen LogP contribution in [-0.4, -0.2) is 0 Å². The Bertz CT molecular complexity index is 401. The van der Waals surface area contributed by atoms with Crippen LogP contribution < -0.4 is 0 Å². The van der Waals surface area contributed by atoms with E-state index < -0.39 is 5.82 Å². The third-order valence-electron chi connectivity index (χ3n) is 1.29. The first-order valence-corrected chi connectivity index (χ1v) is 3.77. The first kappa shape index (κ1) is 8.70. The lowest BCUT2D eigenvalue weighted by atomic mass is 10.1. The Hall–Kier alpha value is -1.39. The highest BCUT2D eigenvalue weighted by molar-refractivity contribution is 9.10. The highest BCUT2D eigenvalue weighted by atomic mass is 79.9. The van der Waals surface area contributed by atoms with Crippen molar-refractivity contribution in [2.24, 2.45) is 0 Å². The Morgan fingerprint density at radius 3 is 2.42 bits per heavy atom. The van der Waals surface area contributed by atoms with Gasteiger partial charge in [-0.1, -0.05) is 15.9 Å². The molecular weight excluding hydrogens is 223 g/mol. The smallest absolute Gasteiger partial charge is 0.143 e. The van der Waals surface area contributed by atoms with Crippen molar-refractivity contribution < 1.29 is 4.39 Å². The molecule has 4 heteroatoms. The van der Waals surface area contributed by atoms with Crippen molar-refractivity contribution in [3.63, 3.8) is 0 Å². The Balaban J connectivity index is 3.50. The lowest BCUT2D eigenvalue weighted by Gasteiger charge is -1.96. The molecule has 0 bridgehead atoms. The molecule has 2 nitrogen and oxygen atoms in total. The molecule has 1 aromatic carbocycles. The minimum absolute atomic E-state index is 0.0457. The molecule has 0 saturated carbocycles. The lowest BCUT2D eigenvalue weighted by Crippen LogP contribution is -1.89. The quantitative estimate of drug-likeness (QED) is 0.680. The van der Waals surface area contributed by atoms with E-state index in [1.165, 1.54) is 6.07 Å². The van der Waals surface area contributed by atoms with Crippen LogP contribution in [0.3, 0.4) is 0 Å². The standard InChI is InChI=1S/C8H2BrFN2/c9-6-1-5(3-11)7(4-12)8(10)2-6/h1-2H. The van der Waals surface area contributed by atoms with E-state index in [9.17, 15) is 4.39 Å². The van der Waals surface area contributed by atoms with Crippen LogP contribution in [-0.2, 0) is 0 Å². The average molecular weight is 225 g/mol. The zero-order valence-corrected chi connectivity index (χ0v) is 7.39. The van der Waals surface area contributed by atoms with Gasteiger partial charge in [-0.15, -0.1) is 0 Å². The van der Waals surface area contributed by atoms with Crippen LogP contribution >= 0.6 is 15.9 Å². The molecular formula is C8H2BrFN2. The van der Waals surface area contributed by atoms with Gasteiger partial charge >= 0.3 is 0 Å². The van der Waals surface area contributed by atoms with E-state index in [2.05, 4.69) is 15.9 Å². The molecule has 0 unspecified atom stereocenters. The summed E-state index contributed by atoms with van der Waals surface area (Å²) >= 11 is 3.02. The number of hydrogen-bond acceptors (Lipinski definition) is 2. The molecule has 0 N–H and O–H groups in total. The number of benzene rings is 1. The third kappa shape index (κ3) is 1.44. The molecule has 0 aliphatic heterocycles. The Morgan fingerprint density at radius 2 is 1.92 bits per heavy atom. The molecule has 1 rings (SSSR count). The maximum Gasteiger partial charge on any atom is 0.143 e. The van der Waals surface area contributed by atoms with Gasteiger partial charge in [0, 0.05) is 4.47 Å². The van der Waals surface area contributed by atoms with Crippen molar-refractivity contribution in [1.82, 2.24) is 0 Å². The number of rotatable bonds is 0. The van der Waals surface area contributed by atoms with Crippen LogP contribution in [0.15, 0.2) is 16.6 Å². The second-order valence-corrected chi connectivity index (χ2v) is 2.95. The van der Waals surface area contributed by atoms with Crippen molar-refractivity contribution in [3.8, 4) is 12.1 Å². The van der Waals surface area contributed by atoms with Gasteiger partial charge in [0.25, 0.3) is 0 Å². The van der Waals surface area contributed by atoms with Crippen molar-refractivity contribution >= 4 is 15.9 Å². The van der Waals surface area contributed by atoms with E-state index in [0.29, 0.717) is 4.47 Å². The van der Waals surface area contributed by atoms with E-state index in [0.717, 1.165) is 6.07 Å². The van der Waals surface area contributed by atoms with Crippen molar-refractivity contribution in [3.05, 3.63) is 33.5 Å². The average Bonchev–Trinajstić information content (AvgIpc) is 2.03. The monoisotopic (exact) mass is 224 g/mol. The Kier molecular flexibility index (Phi) is 2.42. The van der Waals surface area contributed by atoms with Gasteiger partial charge in [0.15, 0.2) is 0 Å². The zero-order valence-electron chi connectivity index (χ0n) is 5.81. The summed E-state index contributed by atoms with van der Waals surface area (Å²) in [5.74, 6) is -0.677. The molecule has 0 amide bonds. The van der Waals surface area contributed by atoms with E-state index in [1.54, 1.807) is 12.1 Å². The van der Waals surface area contributed by atoms with Crippen molar-refractivity contribution in [1.29, 1.82) is 10.5 Å². The molecule has 0 atom stereocenters. The molecule has 0 aromatic heterocycles. The molecule has 0 fully saturated rings. The highest BCUT2D eigenvalue weighted by Crippen LogP contribution is 2.18. The van der Waals surface area contributed by atoms with Crippen molar-refractivity contribution in [2.75, 3.05) is 0 Å². The molecule has 58 valence electrons. The summed E-state index contributed by atoms with van der Waals surface area (Å²) in [7, 11) is 0. The number of nitriles is 2. The fraction of sp³-hybridized carbons (Fsp3) is 0. The summed E-state index contributed by atoms with van der Waals surface area (Å²) in [6.07, 6.45) is 0. The minimum Gasteiger partial charge on any atom is -0.205 e. The van der Waals surface area contributed by atoms with Crippen LogP contribution in [0.2, 0.25) is 0 Å². The topological polar surface area (TPSA) is 47.6 Å². The van der Waals surface area contributed by atoms with Gasteiger partial charge in [-0.2, -0.15) is 10.5 Å². The zero-order chi connectivity index (χ0) is 9.14. The first-order valence-electron chi connectivity index (χ1n) is 2.98. The first-order chi connectivity index (χ1) is 5.69. The van der Waals surface area contributed by atoms with E-state index in [1.807, 2.05) is 0 Å².